The molecule has 180 valence electrons. The van der Waals surface area contributed by atoms with Gasteiger partial charge in [-0.15, -0.1) is 0 Å². The van der Waals surface area contributed by atoms with E-state index in [0.29, 0.717) is 43.4 Å². The highest BCUT2D eigenvalue weighted by Gasteiger charge is 2.30. The van der Waals surface area contributed by atoms with Gasteiger partial charge < -0.3 is 4.90 Å². The monoisotopic (exact) mass is 518 g/mol. The minimum atomic E-state index is -3.77. The lowest BCUT2D eigenvalue weighted by Gasteiger charge is -2.26. The number of benzene rings is 2. The van der Waals surface area contributed by atoms with Crippen LogP contribution in [0.25, 0.3) is 0 Å². The Morgan fingerprint density at radius 1 is 0.912 bits per heavy atom. The second kappa shape index (κ2) is 10.2. The molecule has 1 aliphatic rings. The molecule has 4 rings (SSSR count). The fraction of sp³-hybridized carbons (Fsp3) is 0.360. The van der Waals surface area contributed by atoms with E-state index in [-0.39, 0.29) is 9.92 Å². The summed E-state index contributed by atoms with van der Waals surface area (Å²) >= 11 is 12.3. The Bertz CT molecular complexity index is 1300. The molecule has 1 fully saturated rings. The van der Waals surface area contributed by atoms with Crippen LogP contribution < -0.4 is 4.90 Å². The fourth-order valence-corrected chi connectivity index (χ4v) is 6.46. The lowest BCUT2D eigenvalue weighted by molar-refractivity contribution is 0.433. The van der Waals surface area contributed by atoms with Crippen LogP contribution in [0.3, 0.4) is 0 Å². The van der Waals surface area contributed by atoms with Gasteiger partial charge >= 0.3 is 0 Å². The summed E-state index contributed by atoms with van der Waals surface area (Å²) < 4.78 is 28.2. The van der Waals surface area contributed by atoms with E-state index in [0.717, 1.165) is 23.5 Å². The summed E-state index contributed by atoms with van der Waals surface area (Å²) in [5.41, 5.74) is 4.43. The van der Waals surface area contributed by atoms with Crippen molar-refractivity contribution < 1.29 is 8.42 Å². The van der Waals surface area contributed by atoms with E-state index in [1.807, 2.05) is 13.8 Å². The number of halogens is 2. The molecule has 6 nitrogen and oxygen atoms in total. The predicted molar refractivity (Wildman–Crippen MR) is 138 cm³/mol. The molecule has 2 aromatic carbocycles. The first-order valence-corrected chi connectivity index (χ1v) is 13.4. The average molecular weight is 519 g/mol. The van der Waals surface area contributed by atoms with Gasteiger partial charge in [-0.25, -0.2) is 18.4 Å². The predicted octanol–water partition coefficient (Wildman–Crippen LogP) is 5.20. The summed E-state index contributed by atoms with van der Waals surface area (Å²) in [7, 11) is -3.77. The van der Waals surface area contributed by atoms with Gasteiger partial charge in [0.25, 0.3) is 0 Å². The molecule has 0 saturated carbocycles. The van der Waals surface area contributed by atoms with Crippen LogP contribution in [-0.4, -0.2) is 48.9 Å². The molecule has 0 unspecified atom stereocenters. The number of sulfonamides is 1. The molecule has 0 N–H and O–H groups in total. The standard InChI is InChI=1S/C25H28Cl2N4O2S/c1-17-5-7-20(8-6-17)15-22-18(2)28-19(3)29-25(22)30-11-4-12-31(14-13-30)34(32,33)24-16-21(26)9-10-23(24)27/h5-10,16H,4,11-15H2,1-3H3. The fourth-order valence-electron chi connectivity index (χ4n) is 4.26. The van der Waals surface area contributed by atoms with Crippen LogP contribution >= 0.6 is 23.2 Å². The Labute approximate surface area is 211 Å². The third-order valence-electron chi connectivity index (χ3n) is 6.07. The second-order valence-electron chi connectivity index (χ2n) is 8.64. The molecular weight excluding hydrogens is 491 g/mol. The van der Waals surface area contributed by atoms with Gasteiger partial charge in [0.15, 0.2) is 0 Å². The van der Waals surface area contributed by atoms with Gasteiger partial charge in [-0.2, -0.15) is 4.31 Å². The SMILES string of the molecule is Cc1ccc(Cc2c(C)nc(C)nc2N2CCCN(S(=O)(=O)c3cc(Cl)ccc3Cl)CC2)cc1. The first kappa shape index (κ1) is 24.9. The van der Waals surface area contributed by atoms with E-state index in [1.165, 1.54) is 27.6 Å². The maximum atomic E-state index is 13.3. The van der Waals surface area contributed by atoms with E-state index in [1.54, 1.807) is 6.07 Å². The Balaban J connectivity index is 1.61. The van der Waals surface area contributed by atoms with Crippen LogP contribution in [0.15, 0.2) is 47.4 Å². The molecule has 3 aromatic rings. The van der Waals surface area contributed by atoms with Crippen LogP contribution in [0.2, 0.25) is 10.0 Å². The van der Waals surface area contributed by atoms with Crippen molar-refractivity contribution in [3.63, 3.8) is 0 Å². The molecule has 2 heterocycles. The van der Waals surface area contributed by atoms with Crippen molar-refractivity contribution in [1.82, 2.24) is 14.3 Å². The first-order valence-electron chi connectivity index (χ1n) is 11.2. The van der Waals surface area contributed by atoms with E-state index in [2.05, 4.69) is 41.1 Å². The number of anilines is 1. The van der Waals surface area contributed by atoms with Crippen LogP contribution in [-0.2, 0) is 16.4 Å². The Hall–Kier alpha value is -2.19. The highest BCUT2D eigenvalue weighted by atomic mass is 35.5. The number of nitrogens with zero attached hydrogens (tertiary/aromatic N) is 4. The molecule has 9 heteroatoms. The summed E-state index contributed by atoms with van der Waals surface area (Å²) in [6, 6.07) is 13.0. The lowest BCUT2D eigenvalue weighted by Crippen LogP contribution is -2.36. The zero-order valence-corrected chi connectivity index (χ0v) is 21.9. The molecule has 0 spiro atoms. The summed E-state index contributed by atoms with van der Waals surface area (Å²) in [5, 5.41) is 0.514. The van der Waals surface area contributed by atoms with Gasteiger partial charge in [-0.3, -0.25) is 0 Å². The molecular formula is C25H28Cl2N4O2S. The van der Waals surface area contributed by atoms with Gasteiger partial charge in [0, 0.05) is 48.9 Å². The number of rotatable bonds is 5. The highest BCUT2D eigenvalue weighted by Crippen LogP contribution is 2.30. The van der Waals surface area contributed by atoms with Crippen molar-refractivity contribution in [2.75, 3.05) is 31.1 Å². The summed E-state index contributed by atoms with van der Waals surface area (Å²) in [5.74, 6) is 1.59. The number of hydrogen-bond acceptors (Lipinski definition) is 5. The van der Waals surface area contributed by atoms with E-state index >= 15 is 0 Å². The third kappa shape index (κ3) is 5.38. The molecule has 0 radical (unpaired) electrons. The molecule has 0 atom stereocenters. The van der Waals surface area contributed by atoms with Gasteiger partial charge in [-0.05, 0) is 51.0 Å². The van der Waals surface area contributed by atoms with Gasteiger partial charge in [0.1, 0.15) is 16.5 Å². The number of aryl methyl sites for hydroxylation is 3. The van der Waals surface area contributed by atoms with Crippen molar-refractivity contribution in [2.24, 2.45) is 0 Å². The molecule has 0 aliphatic carbocycles. The minimum Gasteiger partial charge on any atom is -0.355 e. The van der Waals surface area contributed by atoms with Gasteiger partial charge in [-0.1, -0.05) is 53.0 Å². The Morgan fingerprint density at radius 3 is 2.38 bits per heavy atom. The molecule has 1 aliphatic heterocycles. The van der Waals surface area contributed by atoms with E-state index < -0.39 is 10.0 Å². The zero-order chi connectivity index (χ0) is 24.5. The quantitative estimate of drug-likeness (QED) is 0.464. The zero-order valence-electron chi connectivity index (χ0n) is 19.6. The summed E-state index contributed by atoms with van der Waals surface area (Å²) in [4.78, 5) is 11.6. The van der Waals surface area contributed by atoms with E-state index in [9.17, 15) is 8.42 Å². The number of hydrogen-bond donors (Lipinski definition) is 0. The minimum absolute atomic E-state index is 0.0453. The topological polar surface area (TPSA) is 66.4 Å². The van der Waals surface area contributed by atoms with Crippen molar-refractivity contribution in [2.45, 2.75) is 38.5 Å². The molecule has 0 bridgehead atoms. The van der Waals surface area contributed by atoms with Crippen molar-refractivity contribution in [3.05, 3.63) is 80.7 Å². The van der Waals surface area contributed by atoms with Crippen molar-refractivity contribution in [3.8, 4) is 0 Å². The van der Waals surface area contributed by atoms with Gasteiger partial charge in [0.2, 0.25) is 10.0 Å². The third-order valence-corrected chi connectivity index (χ3v) is 8.69. The van der Waals surface area contributed by atoms with Crippen LogP contribution in [0, 0.1) is 20.8 Å². The van der Waals surface area contributed by atoms with Crippen molar-refractivity contribution in [1.29, 1.82) is 0 Å². The number of aromatic nitrogens is 2. The maximum absolute atomic E-state index is 13.3. The molecule has 1 aromatic heterocycles. The van der Waals surface area contributed by atoms with Crippen LogP contribution in [0.4, 0.5) is 5.82 Å². The lowest BCUT2D eigenvalue weighted by atomic mass is 10.0. The maximum Gasteiger partial charge on any atom is 0.244 e. The Kier molecular flexibility index (Phi) is 7.48. The average Bonchev–Trinajstić information content (AvgIpc) is 3.05. The first-order chi connectivity index (χ1) is 16.1. The molecule has 1 saturated heterocycles. The smallest absolute Gasteiger partial charge is 0.244 e. The second-order valence-corrected chi connectivity index (χ2v) is 11.4. The van der Waals surface area contributed by atoms with Crippen LogP contribution in [0.5, 0.6) is 0 Å². The Morgan fingerprint density at radius 2 is 1.65 bits per heavy atom. The van der Waals surface area contributed by atoms with Crippen LogP contribution in [0.1, 0.15) is 34.6 Å². The highest BCUT2D eigenvalue weighted by molar-refractivity contribution is 7.89. The van der Waals surface area contributed by atoms with E-state index in [4.69, 9.17) is 28.2 Å². The van der Waals surface area contributed by atoms with Crippen molar-refractivity contribution >= 4 is 39.0 Å². The molecule has 0 amide bonds. The normalized spacial score (nSPS) is 15.4. The summed E-state index contributed by atoms with van der Waals surface area (Å²) in [6.07, 6.45) is 1.39. The molecule has 34 heavy (non-hydrogen) atoms. The summed E-state index contributed by atoms with van der Waals surface area (Å²) in [6.45, 7) is 7.93. The largest absolute Gasteiger partial charge is 0.355 e. The van der Waals surface area contributed by atoms with Gasteiger partial charge in [0.05, 0.1) is 5.02 Å².